The first-order valence-electron chi connectivity index (χ1n) is 11.2. The van der Waals surface area contributed by atoms with Crippen LogP contribution < -0.4 is 14.5 Å². The summed E-state index contributed by atoms with van der Waals surface area (Å²) in [6, 6.07) is 21.1. The van der Waals surface area contributed by atoms with Crippen LogP contribution in [0.15, 0.2) is 88.9 Å². The molecule has 0 radical (unpaired) electrons. The largest absolute Gasteiger partial charge is 0.482 e. The number of amides is 1. The molecule has 0 saturated heterocycles. The van der Waals surface area contributed by atoms with Gasteiger partial charge in [0.2, 0.25) is 0 Å². The van der Waals surface area contributed by atoms with E-state index in [1.54, 1.807) is 66.4 Å². The normalized spacial score (nSPS) is 11.2. The van der Waals surface area contributed by atoms with Crippen LogP contribution in [0.2, 0.25) is 0 Å². The number of thioether (sulfide) groups is 1. The molecule has 9 nitrogen and oxygen atoms in total. The van der Waals surface area contributed by atoms with E-state index in [0.29, 0.717) is 29.2 Å². The number of anilines is 1. The molecule has 0 heterocycles. The topological polar surface area (TPSA) is 114 Å². The number of hydrogen-bond donors (Lipinski definition) is 1. The third kappa shape index (κ3) is 8.09. The monoisotopic (exact) mass is 541 g/mol. The molecule has 11 heteroatoms. The molecule has 0 bridgehead atoms. The second-order valence-corrected chi connectivity index (χ2v) is 10.6. The van der Waals surface area contributed by atoms with Crippen LogP contribution in [0.25, 0.3) is 0 Å². The number of hydrogen-bond acceptors (Lipinski definition) is 8. The maximum Gasteiger partial charge on any atom is 0.344 e. The van der Waals surface area contributed by atoms with Gasteiger partial charge in [0, 0.05) is 18.4 Å². The van der Waals surface area contributed by atoms with E-state index in [4.69, 9.17) is 9.47 Å². The number of esters is 1. The first-order valence-corrected chi connectivity index (χ1v) is 14.0. The highest BCUT2D eigenvalue weighted by Crippen LogP contribution is 2.22. The van der Waals surface area contributed by atoms with Gasteiger partial charge in [-0.1, -0.05) is 18.2 Å². The van der Waals surface area contributed by atoms with Gasteiger partial charge in [-0.2, -0.15) is 16.9 Å². The molecule has 1 N–H and O–H groups in total. The third-order valence-electron chi connectivity index (χ3n) is 5.06. The summed E-state index contributed by atoms with van der Waals surface area (Å²) in [5.41, 5.74) is 3.88. The van der Waals surface area contributed by atoms with E-state index in [0.717, 1.165) is 10.1 Å². The standard InChI is InChI=1S/C26H27N3O6S2/c1-29(37(32,33)24-6-4-3-5-7-24)22-12-10-21(11-13-22)26(31)28-27-18-20-8-14-23(15-9-20)35-19-25(30)34-16-17-36-2/h3-15,18H,16-17,19H2,1-2H3,(H,28,31)/b27-18+. The molecule has 3 aromatic rings. The molecule has 3 aromatic carbocycles. The summed E-state index contributed by atoms with van der Waals surface area (Å²) in [6.07, 6.45) is 3.40. The Hall–Kier alpha value is -3.83. The maximum absolute atomic E-state index is 12.8. The summed E-state index contributed by atoms with van der Waals surface area (Å²) in [4.78, 5) is 24.2. The molecule has 0 atom stereocenters. The molecule has 3 rings (SSSR count). The van der Waals surface area contributed by atoms with E-state index in [1.165, 1.54) is 37.5 Å². The molecule has 0 fully saturated rings. The van der Waals surface area contributed by atoms with Crippen molar-refractivity contribution in [1.29, 1.82) is 0 Å². The Morgan fingerprint density at radius 1 is 1.00 bits per heavy atom. The van der Waals surface area contributed by atoms with E-state index < -0.39 is 21.9 Å². The number of hydrazone groups is 1. The molecule has 1 amide bonds. The van der Waals surface area contributed by atoms with Crippen molar-refractivity contribution < 1.29 is 27.5 Å². The van der Waals surface area contributed by atoms with Crippen LogP contribution >= 0.6 is 11.8 Å². The van der Waals surface area contributed by atoms with Crippen LogP contribution in [0.1, 0.15) is 15.9 Å². The second kappa shape index (κ2) is 13.5. The Balaban J connectivity index is 1.51. The van der Waals surface area contributed by atoms with Gasteiger partial charge in [-0.3, -0.25) is 9.10 Å². The Labute approximate surface area is 220 Å². The van der Waals surface area contributed by atoms with Crippen LogP contribution in [0.4, 0.5) is 5.69 Å². The van der Waals surface area contributed by atoms with Gasteiger partial charge in [-0.15, -0.1) is 0 Å². The molecular formula is C26H27N3O6S2. The molecular weight excluding hydrogens is 514 g/mol. The number of ether oxygens (including phenoxy) is 2. The van der Waals surface area contributed by atoms with E-state index in [-0.39, 0.29) is 11.5 Å². The lowest BCUT2D eigenvalue weighted by Crippen LogP contribution is -2.26. The average molecular weight is 542 g/mol. The molecule has 0 unspecified atom stereocenters. The zero-order valence-electron chi connectivity index (χ0n) is 20.4. The SMILES string of the molecule is CSCCOC(=O)COc1ccc(/C=N/NC(=O)c2ccc(N(C)S(=O)(=O)c3ccccc3)cc2)cc1. The van der Waals surface area contributed by atoms with E-state index in [2.05, 4.69) is 10.5 Å². The summed E-state index contributed by atoms with van der Waals surface area (Å²) in [7, 11) is -2.25. The molecule has 0 aromatic heterocycles. The summed E-state index contributed by atoms with van der Waals surface area (Å²) in [5, 5.41) is 3.95. The van der Waals surface area contributed by atoms with Crippen molar-refractivity contribution in [2.75, 3.05) is 36.6 Å². The third-order valence-corrected chi connectivity index (χ3v) is 7.44. The Morgan fingerprint density at radius 3 is 2.32 bits per heavy atom. The van der Waals surface area contributed by atoms with E-state index >= 15 is 0 Å². The van der Waals surface area contributed by atoms with Gasteiger partial charge in [0.15, 0.2) is 6.61 Å². The van der Waals surface area contributed by atoms with Crippen LogP contribution in [0.3, 0.4) is 0 Å². The lowest BCUT2D eigenvalue weighted by Gasteiger charge is -2.19. The minimum Gasteiger partial charge on any atom is -0.482 e. The predicted octanol–water partition coefficient (Wildman–Crippen LogP) is 3.56. The van der Waals surface area contributed by atoms with E-state index in [1.807, 2.05) is 6.26 Å². The van der Waals surface area contributed by atoms with Crippen LogP contribution in [-0.4, -0.2) is 58.8 Å². The molecule has 0 aliphatic rings. The maximum atomic E-state index is 12.8. The molecule has 0 aliphatic carbocycles. The van der Waals surface area contributed by atoms with Gasteiger partial charge in [0.05, 0.1) is 16.8 Å². The quantitative estimate of drug-likeness (QED) is 0.161. The van der Waals surface area contributed by atoms with Gasteiger partial charge in [-0.25, -0.2) is 18.6 Å². The average Bonchev–Trinajstić information content (AvgIpc) is 2.93. The van der Waals surface area contributed by atoms with Gasteiger partial charge in [0.1, 0.15) is 12.4 Å². The Bertz CT molecular complexity index is 1310. The lowest BCUT2D eigenvalue weighted by molar-refractivity contribution is -0.145. The van der Waals surface area contributed by atoms with E-state index in [9.17, 15) is 18.0 Å². The first kappa shape index (κ1) is 27.8. The number of carbonyl (C=O) groups is 2. The van der Waals surface area contributed by atoms with Gasteiger partial charge < -0.3 is 9.47 Å². The molecule has 37 heavy (non-hydrogen) atoms. The van der Waals surface area contributed by atoms with Crippen LogP contribution in [0.5, 0.6) is 5.75 Å². The van der Waals surface area contributed by atoms with Crippen molar-refractivity contribution in [2.24, 2.45) is 5.10 Å². The summed E-state index contributed by atoms with van der Waals surface area (Å²) >= 11 is 1.59. The Morgan fingerprint density at radius 2 is 1.68 bits per heavy atom. The minimum atomic E-state index is -3.71. The highest BCUT2D eigenvalue weighted by atomic mass is 32.2. The number of carbonyl (C=O) groups excluding carboxylic acids is 2. The number of sulfonamides is 1. The summed E-state index contributed by atoms with van der Waals surface area (Å²) in [6.45, 7) is 0.173. The van der Waals surface area contributed by atoms with Crippen molar-refractivity contribution >= 4 is 45.6 Å². The highest BCUT2D eigenvalue weighted by Gasteiger charge is 2.21. The van der Waals surface area contributed by atoms with Crippen LogP contribution in [-0.2, 0) is 19.6 Å². The number of rotatable bonds is 12. The van der Waals surface area contributed by atoms with Crippen molar-refractivity contribution in [3.05, 3.63) is 90.0 Å². The Kier molecular flexibility index (Phi) is 10.1. The summed E-state index contributed by atoms with van der Waals surface area (Å²) in [5.74, 6) is 0.358. The molecule has 0 saturated carbocycles. The smallest absolute Gasteiger partial charge is 0.344 e. The van der Waals surface area contributed by atoms with Gasteiger partial charge >= 0.3 is 5.97 Å². The van der Waals surface area contributed by atoms with Crippen molar-refractivity contribution in [1.82, 2.24) is 5.43 Å². The summed E-state index contributed by atoms with van der Waals surface area (Å²) < 4.78 is 37.1. The fourth-order valence-corrected chi connectivity index (χ4v) is 4.48. The van der Waals surface area contributed by atoms with Gasteiger partial charge in [0.25, 0.3) is 15.9 Å². The number of nitrogens with zero attached hydrogens (tertiary/aromatic N) is 2. The zero-order valence-corrected chi connectivity index (χ0v) is 22.0. The predicted molar refractivity (Wildman–Crippen MR) is 145 cm³/mol. The second-order valence-electron chi connectivity index (χ2n) is 7.60. The lowest BCUT2D eigenvalue weighted by atomic mass is 10.2. The number of nitrogens with one attached hydrogen (secondary N) is 1. The molecule has 0 spiro atoms. The highest BCUT2D eigenvalue weighted by molar-refractivity contribution is 7.98. The van der Waals surface area contributed by atoms with Gasteiger partial charge in [-0.05, 0) is 72.5 Å². The van der Waals surface area contributed by atoms with Crippen molar-refractivity contribution in [3.63, 3.8) is 0 Å². The fourth-order valence-electron chi connectivity index (χ4n) is 3.01. The number of benzene rings is 3. The van der Waals surface area contributed by atoms with Crippen molar-refractivity contribution in [2.45, 2.75) is 4.90 Å². The first-order chi connectivity index (χ1) is 17.8. The molecule has 194 valence electrons. The zero-order chi connectivity index (χ0) is 26.7. The fraction of sp³-hybridized carbons (Fsp3) is 0.192. The minimum absolute atomic E-state index is 0.176. The molecule has 0 aliphatic heterocycles. The van der Waals surface area contributed by atoms with Crippen LogP contribution in [0, 0.1) is 0 Å². The van der Waals surface area contributed by atoms with Crippen molar-refractivity contribution in [3.8, 4) is 5.75 Å².